The van der Waals surface area contributed by atoms with Crippen LogP contribution in [0.5, 0.6) is 5.75 Å². The van der Waals surface area contributed by atoms with E-state index in [0.717, 1.165) is 27.8 Å². The molecule has 0 amide bonds. The molecule has 1 aromatic carbocycles. The van der Waals surface area contributed by atoms with Crippen molar-refractivity contribution < 1.29 is 4.74 Å². The van der Waals surface area contributed by atoms with Gasteiger partial charge >= 0.3 is 0 Å². The predicted octanol–water partition coefficient (Wildman–Crippen LogP) is 1.53. The van der Waals surface area contributed by atoms with Crippen LogP contribution < -0.4 is 10.5 Å². The van der Waals surface area contributed by atoms with Gasteiger partial charge in [-0.15, -0.1) is 5.10 Å². The maximum Gasteiger partial charge on any atom is 0.209 e. The van der Waals surface area contributed by atoms with Gasteiger partial charge in [-0.25, -0.2) is 4.68 Å². The minimum absolute atomic E-state index is 0.00570. The van der Waals surface area contributed by atoms with E-state index in [9.17, 15) is 0 Å². The average molecular weight is 279 g/mol. The Labute approximate surface area is 116 Å². The minimum atomic E-state index is 0.00570. The number of hydrogen-bond donors (Lipinski definition) is 1. The van der Waals surface area contributed by atoms with E-state index in [4.69, 9.17) is 10.5 Å². The van der Waals surface area contributed by atoms with Crippen LogP contribution in [0.25, 0.3) is 0 Å². The summed E-state index contributed by atoms with van der Waals surface area (Å²) in [7, 11) is 3.48. The van der Waals surface area contributed by atoms with Crippen molar-refractivity contribution in [1.29, 1.82) is 0 Å². The Morgan fingerprint density at radius 3 is 2.84 bits per heavy atom. The summed E-state index contributed by atoms with van der Waals surface area (Å²) in [6, 6.07) is 6.01. The molecular formula is C12H17N5OS. The second kappa shape index (κ2) is 6.03. The number of aromatic nitrogens is 4. The van der Waals surface area contributed by atoms with Crippen molar-refractivity contribution in [2.24, 2.45) is 12.8 Å². The van der Waals surface area contributed by atoms with Gasteiger partial charge in [-0.2, -0.15) is 0 Å². The number of thioether (sulfide) groups is 1. The van der Waals surface area contributed by atoms with E-state index in [2.05, 4.69) is 21.6 Å². The van der Waals surface area contributed by atoms with Crippen LogP contribution in [0.2, 0.25) is 0 Å². The molecule has 2 N–H and O–H groups in total. The third kappa shape index (κ3) is 3.24. The molecule has 1 aromatic heterocycles. The summed E-state index contributed by atoms with van der Waals surface area (Å²) >= 11 is 1.56. The van der Waals surface area contributed by atoms with E-state index in [-0.39, 0.29) is 6.04 Å². The molecule has 0 bridgehead atoms. The van der Waals surface area contributed by atoms with Gasteiger partial charge in [-0.3, -0.25) is 0 Å². The first kappa shape index (κ1) is 13.8. The lowest BCUT2D eigenvalue weighted by Gasteiger charge is -2.12. The van der Waals surface area contributed by atoms with Crippen molar-refractivity contribution in [1.82, 2.24) is 20.2 Å². The highest BCUT2D eigenvalue weighted by Crippen LogP contribution is 2.28. The number of rotatable bonds is 5. The highest BCUT2D eigenvalue weighted by Gasteiger charge is 2.10. The van der Waals surface area contributed by atoms with E-state index in [0.29, 0.717) is 0 Å². The topological polar surface area (TPSA) is 78.8 Å². The first-order valence-corrected chi connectivity index (χ1v) is 6.88. The molecule has 102 valence electrons. The molecule has 2 aromatic rings. The number of ether oxygens (including phenoxy) is 1. The quantitative estimate of drug-likeness (QED) is 0.836. The number of aryl methyl sites for hydroxylation is 1. The fraction of sp³-hybridized carbons (Fsp3) is 0.417. The largest absolute Gasteiger partial charge is 0.496 e. The molecule has 7 heteroatoms. The lowest BCUT2D eigenvalue weighted by Crippen LogP contribution is -2.05. The van der Waals surface area contributed by atoms with E-state index in [1.54, 1.807) is 23.6 Å². The van der Waals surface area contributed by atoms with Crippen LogP contribution >= 0.6 is 11.8 Å². The van der Waals surface area contributed by atoms with E-state index in [1.807, 2.05) is 26.1 Å². The molecular weight excluding hydrogens is 262 g/mol. The van der Waals surface area contributed by atoms with Crippen molar-refractivity contribution in [3.8, 4) is 5.75 Å². The Kier molecular flexibility index (Phi) is 4.39. The Bertz CT molecular complexity index is 555. The van der Waals surface area contributed by atoms with Gasteiger partial charge in [0, 0.05) is 24.4 Å². The molecule has 0 radical (unpaired) electrons. The Hall–Kier alpha value is -1.60. The third-order valence-electron chi connectivity index (χ3n) is 2.77. The zero-order valence-corrected chi connectivity index (χ0v) is 12.0. The van der Waals surface area contributed by atoms with Crippen LogP contribution in [0, 0.1) is 0 Å². The highest BCUT2D eigenvalue weighted by molar-refractivity contribution is 7.98. The summed E-state index contributed by atoms with van der Waals surface area (Å²) in [6.45, 7) is 1.96. The van der Waals surface area contributed by atoms with E-state index < -0.39 is 0 Å². The first-order chi connectivity index (χ1) is 9.11. The lowest BCUT2D eigenvalue weighted by atomic mass is 10.1. The van der Waals surface area contributed by atoms with E-state index in [1.165, 1.54) is 0 Å². The molecule has 0 fully saturated rings. The van der Waals surface area contributed by atoms with Crippen molar-refractivity contribution in [3.05, 3.63) is 29.3 Å². The van der Waals surface area contributed by atoms with Crippen LogP contribution in [-0.2, 0) is 12.8 Å². The number of methoxy groups -OCH3 is 1. The molecule has 0 saturated carbocycles. The van der Waals surface area contributed by atoms with Gasteiger partial charge in [-0.1, -0.05) is 17.8 Å². The zero-order chi connectivity index (χ0) is 13.8. The van der Waals surface area contributed by atoms with Crippen molar-refractivity contribution in [2.45, 2.75) is 23.9 Å². The summed E-state index contributed by atoms with van der Waals surface area (Å²) in [5, 5.41) is 12.1. The SMILES string of the molecule is COc1ccc(C(C)N)cc1CSc1nnnn1C. The molecule has 1 heterocycles. The monoisotopic (exact) mass is 279 g/mol. The maximum atomic E-state index is 5.90. The number of nitrogens with zero attached hydrogens (tertiary/aromatic N) is 4. The van der Waals surface area contributed by atoms with Crippen LogP contribution in [0.15, 0.2) is 23.4 Å². The molecule has 0 aliphatic carbocycles. The number of tetrazole rings is 1. The summed E-state index contributed by atoms with van der Waals surface area (Å²) in [6.07, 6.45) is 0. The summed E-state index contributed by atoms with van der Waals surface area (Å²) in [5.74, 6) is 1.59. The van der Waals surface area contributed by atoms with Crippen LogP contribution in [0.3, 0.4) is 0 Å². The van der Waals surface area contributed by atoms with Crippen molar-refractivity contribution in [3.63, 3.8) is 0 Å². The smallest absolute Gasteiger partial charge is 0.209 e. The van der Waals surface area contributed by atoms with Gasteiger partial charge in [0.1, 0.15) is 5.75 Å². The highest BCUT2D eigenvalue weighted by atomic mass is 32.2. The lowest BCUT2D eigenvalue weighted by molar-refractivity contribution is 0.411. The molecule has 0 aliphatic heterocycles. The average Bonchev–Trinajstić information content (AvgIpc) is 2.81. The van der Waals surface area contributed by atoms with Gasteiger partial charge in [0.2, 0.25) is 5.16 Å². The molecule has 19 heavy (non-hydrogen) atoms. The van der Waals surface area contributed by atoms with Crippen molar-refractivity contribution in [2.75, 3.05) is 7.11 Å². The molecule has 1 atom stereocenters. The summed E-state index contributed by atoms with van der Waals surface area (Å²) < 4.78 is 7.01. The minimum Gasteiger partial charge on any atom is -0.496 e. The van der Waals surface area contributed by atoms with Gasteiger partial charge in [0.25, 0.3) is 0 Å². The molecule has 6 nitrogen and oxygen atoms in total. The zero-order valence-electron chi connectivity index (χ0n) is 11.2. The normalized spacial score (nSPS) is 12.4. The van der Waals surface area contributed by atoms with Crippen LogP contribution in [-0.4, -0.2) is 27.3 Å². The first-order valence-electron chi connectivity index (χ1n) is 5.89. The van der Waals surface area contributed by atoms with Gasteiger partial charge in [0.05, 0.1) is 7.11 Å². The second-order valence-electron chi connectivity index (χ2n) is 4.23. The molecule has 0 spiro atoms. The van der Waals surface area contributed by atoms with E-state index >= 15 is 0 Å². The fourth-order valence-corrected chi connectivity index (χ4v) is 2.51. The molecule has 0 aliphatic rings. The van der Waals surface area contributed by atoms with Crippen molar-refractivity contribution >= 4 is 11.8 Å². The molecule has 0 saturated heterocycles. The fourth-order valence-electron chi connectivity index (χ4n) is 1.68. The van der Waals surface area contributed by atoms with Gasteiger partial charge in [0.15, 0.2) is 0 Å². The number of nitrogens with two attached hydrogens (primary N) is 1. The van der Waals surface area contributed by atoms with Gasteiger partial charge < -0.3 is 10.5 Å². The van der Waals surface area contributed by atoms with Gasteiger partial charge in [-0.05, 0) is 35.0 Å². The Balaban J connectivity index is 2.18. The summed E-state index contributed by atoms with van der Waals surface area (Å²) in [5.41, 5.74) is 8.08. The van der Waals surface area contributed by atoms with Crippen LogP contribution in [0.1, 0.15) is 24.1 Å². The number of hydrogen-bond acceptors (Lipinski definition) is 6. The Morgan fingerprint density at radius 2 is 2.26 bits per heavy atom. The third-order valence-corrected chi connectivity index (χ3v) is 3.83. The second-order valence-corrected chi connectivity index (χ2v) is 5.18. The number of benzene rings is 1. The maximum absolute atomic E-state index is 5.90. The predicted molar refractivity (Wildman–Crippen MR) is 74.0 cm³/mol. The standard InChI is InChI=1S/C12H17N5OS/c1-8(13)9-4-5-11(18-3)10(6-9)7-19-12-14-15-16-17(12)2/h4-6,8H,7,13H2,1-3H3. The Morgan fingerprint density at radius 1 is 1.47 bits per heavy atom. The molecule has 1 unspecified atom stereocenters. The molecule has 2 rings (SSSR count). The van der Waals surface area contributed by atoms with Crippen LogP contribution in [0.4, 0.5) is 0 Å². The summed E-state index contributed by atoms with van der Waals surface area (Å²) in [4.78, 5) is 0.